The van der Waals surface area contributed by atoms with Crippen LogP contribution in [0, 0.1) is 13.8 Å². The Hall–Kier alpha value is -1.87. The molecule has 0 radical (unpaired) electrons. The quantitative estimate of drug-likeness (QED) is 0.830. The Morgan fingerprint density at radius 3 is 2.71 bits per heavy atom. The summed E-state index contributed by atoms with van der Waals surface area (Å²) in [6, 6.07) is -0.614. The fourth-order valence-electron chi connectivity index (χ4n) is 3.13. The molecule has 3 rings (SSSR count). The Morgan fingerprint density at radius 1 is 1.33 bits per heavy atom. The number of nitrogens with zero attached hydrogens (tertiary/aromatic N) is 5. The molecule has 0 N–H and O–H groups in total. The number of alkyl halides is 2. The zero-order valence-corrected chi connectivity index (χ0v) is 14.2. The van der Waals surface area contributed by atoms with Gasteiger partial charge in [-0.1, -0.05) is 0 Å². The van der Waals surface area contributed by atoms with E-state index in [0.29, 0.717) is 6.54 Å². The van der Waals surface area contributed by atoms with Crippen LogP contribution < -0.4 is 0 Å². The molecule has 0 spiro atoms. The number of likely N-dealkylation sites (tertiary alicyclic amines) is 1. The Balaban J connectivity index is 1.86. The highest BCUT2D eigenvalue weighted by Gasteiger charge is 2.48. The lowest BCUT2D eigenvalue weighted by Gasteiger charge is -2.21. The van der Waals surface area contributed by atoms with Crippen LogP contribution in [0.15, 0.2) is 4.42 Å². The van der Waals surface area contributed by atoms with E-state index in [1.807, 2.05) is 20.9 Å². The molecule has 0 aliphatic carbocycles. The maximum absolute atomic E-state index is 14.0. The molecule has 2 aromatic rings. The van der Waals surface area contributed by atoms with Gasteiger partial charge in [0.15, 0.2) is 0 Å². The van der Waals surface area contributed by atoms with E-state index < -0.39 is 12.0 Å². The second kappa shape index (κ2) is 6.21. The smallest absolute Gasteiger partial charge is 0.262 e. The molecule has 1 aliphatic rings. The van der Waals surface area contributed by atoms with Gasteiger partial charge in [-0.3, -0.25) is 9.58 Å². The number of hydrogen-bond donors (Lipinski definition) is 0. The topological polar surface area (TPSA) is 69.2 Å². The lowest BCUT2D eigenvalue weighted by Crippen LogP contribution is -2.27. The van der Waals surface area contributed by atoms with Crippen LogP contribution in [0.1, 0.15) is 41.2 Å². The normalized spacial score (nSPS) is 20.8. The number of halogens is 2. The van der Waals surface area contributed by atoms with Gasteiger partial charge in [-0.05, 0) is 13.8 Å². The first-order valence-corrected chi connectivity index (χ1v) is 7.73. The predicted octanol–water partition coefficient (Wildman–Crippen LogP) is 2.15. The maximum atomic E-state index is 14.0. The summed E-state index contributed by atoms with van der Waals surface area (Å²) in [4.78, 5) is 1.68. The summed E-state index contributed by atoms with van der Waals surface area (Å²) in [7, 11) is 3.35. The standard InChI is InChI=1S/C15H21F2N5O2/c1-9-11(10(2)21(3)20-9)6-22-8-15(16,17)5-12(22)14-19-18-13(24-14)7-23-4/h12H,5-8H2,1-4H3/t12-/m0/s1. The average molecular weight is 341 g/mol. The molecule has 0 amide bonds. The zero-order valence-electron chi connectivity index (χ0n) is 14.2. The Bertz CT molecular complexity index is 728. The molecule has 0 unspecified atom stereocenters. The van der Waals surface area contributed by atoms with Crippen LogP contribution in [-0.4, -0.2) is 44.5 Å². The lowest BCUT2D eigenvalue weighted by molar-refractivity contribution is 0.0112. The van der Waals surface area contributed by atoms with Gasteiger partial charge in [0.05, 0.1) is 18.3 Å². The molecule has 24 heavy (non-hydrogen) atoms. The third-order valence-electron chi connectivity index (χ3n) is 4.42. The van der Waals surface area contributed by atoms with E-state index >= 15 is 0 Å². The number of ether oxygens (including phenoxy) is 1. The Morgan fingerprint density at radius 2 is 2.08 bits per heavy atom. The molecular formula is C15H21F2N5O2. The van der Waals surface area contributed by atoms with Crippen molar-refractivity contribution in [3.63, 3.8) is 0 Å². The van der Waals surface area contributed by atoms with Crippen LogP contribution in [0.3, 0.4) is 0 Å². The summed E-state index contributed by atoms with van der Waals surface area (Å²) in [5.74, 6) is -2.29. The number of aryl methyl sites for hydroxylation is 2. The van der Waals surface area contributed by atoms with E-state index in [2.05, 4.69) is 15.3 Å². The van der Waals surface area contributed by atoms with Crippen LogP contribution in [0.2, 0.25) is 0 Å². The van der Waals surface area contributed by atoms with Crippen molar-refractivity contribution in [2.24, 2.45) is 7.05 Å². The molecule has 1 fully saturated rings. The van der Waals surface area contributed by atoms with Crippen molar-refractivity contribution in [3.05, 3.63) is 28.7 Å². The third kappa shape index (κ3) is 3.18. The number of hydrogen-bond acceptors (Lipinski definition) is 6. The minimum Gasteiger partial charge on any atom is -0.421 e. The van der Waals surface area contributed by atoms with Crippen molar-refractivity contribution in [2.75, 3.05) is 13.7 Å². The largest absolute Gasteiger partial charge is 0.421 e. The van der Waals surface area contributed by atoms with Crippen LogP contribution in [0.25, 0.3) is 0 Å². The van der Waals surface area contributed by atoms with Crippen LogP contribution >= 0.6 is 0 Å². The number of aromatic nitrogens is 4. The molecule has 132 valence electrons. The first kappa shape index (κ1) is 17.0. The zero-order chi connectivity index (χ0) is 17.5. The summed E-state index contributed by atoms with van der Waals surface area (Å²) in [6.07, 6.45) is -0.333. The fraction of sp³-hybridized carbons (Fsp3) is 0.667. The van der Waals surface area contributed by atoms with Crippen LogP contribution in [0.5, 0.6) is 0 Å². The maximum Gasteiger partial charge on any atom is 0.262 e. The molecule has 7 nitrogen and oxygen atoms in total. The van der Waals surface area contributed by atoms with Gasteiger partial charge in [0, 0.05) is 38.4 Å². The first-order chi connectivity index (χ1) is 11.3. The molecule has 0 bridgehead atoms. The highest BCUT2D eigenvalue weighted by atomic mass is 19.3. The highest BCUT2D eigenvalue weighted by molar-refractivity contribution is 5.24. The van der Waals surface area contributed by atoms with Crippen LogP contribution in [-0.2, 0) is 24.9 Å². The van der Waals surface area contributed by atoms with E-state index in [0.717, 1.165) is 17.0 Å². The van der Waals surface area contributed by atoms with Gasteiger partial charge in [0.25, 0.3) is 5.92 Å². The number of rotatable bonds is 5. The van der Waals surface area contributed by atoms with Gasteiger partial charge in [-0.2, -0.15) is 5.10 Å². The highest BCUT2D eigenvalue weighted by Crippen LogP contribution is 2.41. The Labute approximate surface area is 138 Å². The molecule has 1 atom stereocenters. The second-order valence-electron chi connectivity index (χ2n) is 6.22. The van der Waals surface area contributed by atoms with Crippen LogP contribution in [0.4, 0.5) is 8.78 Å². The summed E-state index contributed by atoms with van der Waals surface area (Å²) in [5.41, 5.74) is 2.76. The van der Waals surface area contributed by atoms with Gasteiger partial charge >= 0.3 is 0 Å². The molecule has 9 heteroatoms. The van der Waals surface area contributed by atoms with Gasteiger partial charge in [-0.25, -0.2) is 8.78 Å². The van der Waals surface area contributed by atoms with Gasteiger partial charge in [-0.15, -0.1) is 10.2 Å². The van der Waals surface area contributed by atoms with Crippen molar-refractivity contribution in [2.45, 2.75) is 45.4 Å². The monoisotopic (exact) mass is 341 g/mol. The molecular weight excluding hydrogens is 320 g/mol. The molecule has 2 aromatic heterocycles. The summed E-state index contributed by atoms with van der Waals surface area (Å²) >= 11 is 0. The predicted molar refractivity (Wildman–Crippen MR) is 80.4 cm³/mol. The van der Waals surface area contributed by atoms with Gasteiger partial charge in [0.2, 0.25) is 11.8 Å². The summed E-state index contributed by atoms with van der Waals surface area (Å²) < 4.78 is 40.2. The number of methoxy groups -OCH3 is 1. The lowest BCUT2D eigenvalue weighted by atomic mass is 10.1. The van der Waals surface area contributed by atoms with Crippen molar-refractivity contribution in [1.29, 1.82) is 0 Å². The molecule has 3 heterocycles. The average Bonchev–Trinajstić information content (AvgIpc) is 3.13. The van der Waals surface area contributed by atoms with E-state index in [1.165, 1.54) is 7.11 Å². The first-order valence-electron chi connectivity index (χ1n) is 7.73. The summed E-state index contributed by atoms with van der Waals surface area (Å²) in [6.45, 7) is 4.01. The van der Waals surface area contributed by atoms with Gasteiger partial charge < -0.3 is 9.15 Å². The molecule has 1 saturated heterocycles. The van der Waals surface area contributed by atoms with Gasteiger partial charge in [0.1, 0.15) is 6.61 Å². The van der Waals surface area contributed by atoms with E-state index in [-0.39, 0.29) is 31.4 Å². The van der Waals surface area contributed by atoms with Crippen molar-refractivity contribution in [3.8, 4) is 0 Å². The van der Waals surface area contributed by atoms with Crippen molar-refractivity contribution in [1.82, 2.24) is 24.9 Å². The molecule has 0 aromatic carbocycles. The molecule has 1 aliphatic heterocycles. The minimum absolute atomic E-state index is 0.164. The van der Waals surface area contributed by atoms with E-state index in [9.17, 15) is 8.78 Å². The second-order valence-corrected chi connectivity index (χ2v) is 6.22. The Kier molecular flexibility index (Phi) is 4.39. The van der Waals surface area contributed by atoms with Crippen molar-refractivity contribution >= 4 is 0 Å². The van der Waals surface area contributed by atoms with E-state index in [1.54, 1.807) is 9.58 Å². The summed E-state index contributed by atoms with van der Waals surface area (Å²) in [5, 5.41) is 12.1. The van der Waals surface area contributed by atoms with E-state index in [4.69, 9.17) is 9.15 Å². The fourth-order valence-corrected chi connectivity index (χ4v) is 3.13. The molecule has 0 saturated carbocycles. The minimum atomic E-state index is -2.79. The van der Waals surface area contributed by atoms with Crippen molar-refractivity contribution < 1.29 is 17.9 Å². The SMILES string of the molecule is COCc1nnc([C@@H]2CC(F)(F)CN2Cc2c(C)nn(C)c2C)o1. The third-order valence-corrected chi connectivity index (χ3v) is 4.42.